The first-order chi connectivity index (χ1) is 13.2. The van der Waals surface area contributed by atoms with Crippen LogP contribution in [0.3, 0.4) is 0 Å². The average molecular weight is 515 g/mol. The monoisotopic (exact) mass is 515 g/mol. The van der Waals surface area contributed by atoms with Gasteiger partial charge in [-0.15, -0.1) is 35.3 Å². The van der Waals surface area contributed by atoms with Crippen molar-refractivity contribution in [3.8, 4) is 5.75 Å². The van der Waals surface area contributed by atoms with Crippen molar-refractivity contribution in [2.75, 3.05) is 25.5 Å². The molecule has 0 bridgehead atoms. The Labute approximate surface area is 188 Å². The van der Waals surface area contributed by atoms with Crippen LogP contribution < -0.4 is 20.3 Å². The molecule has 0 spiro atoms. The Morgan fingerprint density at radius 2 is 2.07 bits per heavy atom. The molecule has 8 heteroatoms. The van der Waals surface area contributed by atoms with E-state index in [1.54, 1.807) is 11.3 Å². The van der Waals surface area contributed by atoms with Crippen molar-refractivity contribution in [2.45, 2.75) is 45.4 Å². The van der Waals surface area contributed by atoms with Crippen molar-refractivity contribution in [3.63, 3.8) is 0 Å². The number of benzene rings is 1. The maximum Gasteiger partial charge on any atom is 0.191 e. The van der Waals surface area contributed by atoms with Gasteiger partial charge in [0, 0.05) is 31.6 Å². The zero-order chi connectivity index (χ0) is 19.1. The predicted octanol–water partition coefficient (Wildman–Crippen LogP) is 4.01. The Morgan fingerprint density at radius 1 is 1.29 bits per heavy atom. The highest BCUT2D eigenvalue weighted by atomic mass is 127. The predicted molar refractivity (Wildman–Crippen MR) is 128 cm³/mol. The van der Waals surface area contributed by atoms with Crippen LogP contribution in [0, 0.1) is 0 Å². The van der Waals surface area contributed by atoms with Crippen LogP contribution in [0.25, 0.3) is 0 Å². The third kappa shape index (κ3) is 6.51. The first kappa shape index (κ1) is 22.7. The number of thiazole rings is 1. The fraction of sp³-hybridized carbons (Fsp3) is 0.500. The zero-order valence-electron chi connectivity index (χ0n) is 16.8. The van der Waals surface area contributed by atoms with Gasteiger partial charge in [0.05, 0.1) is 24.9 Å². The Bertz CT molecular complexity index is 761. The van der Waals surface area contributed by atoms with Crippen LogP contribution in [-0.2, 0) is 13.1 Å². The van der Waals surface area contributed by atoms with Crippen LogP contribution in [0.4, 0.5) is 5.13 Å². The maximum absolute atomic E-state index is 6.10. The summed E-state index contributed by atoms with van der Waals surface area (Å²) in [5.41, 5.74) is 2.13. The fourth-order valence-corrected chi connectivity index (χ4v) is 3.44. The molecule has 2 aromatic rings. The largest absolute Gasteiger partial charge is 0.490 e. The Kier molecular flexibility index (Phi) is 9.30. The van der Waals surface area contributed by atoms with E-state index in [9.17, 15) is 0 Å². The van der Waals surface area contributed by atoms with Crippen LogP contribution in [0.1, 0.15) is 37.4 Å². The van der Waals surface area contributed by atoms with E-state index in [2.05, 4.69) is 34.0 Å². The molecule has 0 aliphatic heterocycles. The van der Waals surface area contributed by atoms with Gasteiger partial charge in [0.25, 0.3) is 0 Å². The molecule has 1 aromatic heterocycles. The summed E-state index contributed by atoms with van der Waals surface area (Å²) in [5.74, 6) is 1.74. The van der Waals surface area contributed by atoms with Gasteiger partial charge in [-0.1, -0.05) is 18.2 Å². The molecule has 154 valence electrons. The topological polar surface area (TPSA) is 61.8 Å². The maximum atomic E-state index is 6.10. The van der Waals surface area contributed by atoms with Crippen LogP contribution in [0.2, 0.25) is 0 Å². The van der Waals surface area contributed by atoms with Gasteiger partial charge in [0.15, 0.2) is 11.1 Å². The second kappa shape index (κ2) is 11.5. The van der Waals surface area contributed by atoms with Crippen molar-refractivity contribution in [1.82, 2.24) is 15.6 Å². The number of para-hydroxylation sites is 1. The highest BCUT2D eigenvalue weighted by molar-refractivity contribution is 14.0. The fourth-order valence-electron chi connectivity index (χ4n) is 2.68. The summed E-state index contributed by atoms with van der Waals surface area (Å²) in [7, 11) is 4.01. The lowest BCUT2D eigenvalue weighted by Gasteiger charge is -2.27. The molecule has 0 atom stereocenters. The van der Waals surface area contributed by atoms with Gasteiger partial charge in [-0.25, -0.2) is 9.98 Å². The average Bonchev–Trinajstić information content (AvgIpc) is 3.11. The summed E-state index contributed by atoms with van der Waals surface area (Å²) in [5, 5.41) is 9.75. The SMILES string of the molecule is CCNC(=NCc1ccccc1OC1CCC1)NCc1csc(N(C)C)n1.I. The second-order valence-electron chi connectivity index (χ2n) is 6.84. The van der Waals surface area contributed by atoms with Crippen molar-refractivity contribution in [1.29, 1.82) is 0 Å². The van der Waals surface area contributed by atoms with Gasteiger partial charge in [0.2, 0.25) is 0 Å². The minimum Gasteiger partial charge on any atom is -0.490 e. The van der Waals surface area contributed by atoms with Gasteiger partial charge < -0.3 is 20.3 Å². The molecule has 2 N–H and O–H groups in total. The quantitative estimate of drug-likeness (QED) is 0.316. The number of hydrogen-bond acceptors (Lipinski definition) is 5. The van der Waals surface area contributed by atoms with E-state index in [-0.39, 0.29) is 24.0 Å². The van der Waals surface area contributed by atoms with E-state index in [0.717, 1.165) is 47.5 Å². The lowest BCUT2D eigenvalue weighted by atomic mass is 9.96. The van der Waals surface area contributed by atoms with Crippen molar-refractivity contribution in [2.24, 2.45) is 4.99 Å². The van der Waals surface area contributed by atoms with Gasteiger partial charge in [-0.3, -0.25) is 0 Å². The summed E-state index contributed by atoms with van der Waals surface area (Å²) >= 11 is 1.65. The van der Waals surface area contributed by atoms with Crippen LogP contribution >= 0.6 is 35.3 Å². The standard InChI is InChI=1S/C20H29N5OS.HI/c1-4-21-19(23-13-16-14-27-20(24-16)25(2)3)22-12-15-8-5-6-11-18(15)26-17-9-7-10-17;/h5-6,8,11,14,17H,4,7,9-10,12-13H2,1-3H3,(H2,21,22,23);1H. The molecular weight excluding hydrogens is 485 g/mol. The zero-order valence-corrected chi connectivity index (χ0v) is 19.9. The smallest absolute Gasteiger partial charge is 0.191 e. The van der Waals surface area contributed by atoms with E-state index in [0.29, 0.717) is 19.2 Å². The van der Waals surface area contributed by atoms with Crippen molar-refractivity contribution in [3.05, 3.63) is 40.9 Å². The number of aromatic nitrogens is 1. The minimum atomic E-state index is 0. The number of hydrogen-bond donors (Lipinski definition) is 2. The molecule has 0 radical (unpaired) electrons. The summed E-state index contributed by atoms with van der Waals surface area (Å²) in [6.45, 7) is 4.11. The number of halogens is 1. The van der Waals surface area contributed by atoms with E-state index >= 15 is 0 Å². The van der Waals surface area contributed by atoms with Gasteiger partial charge in [-0.2, -0.15) is 0 Å². The number of anilines is 1. The summed E-state index contributed by atoms with van der Waals surface area (Å²) in [6.07, 6.45) is 3.96. The number of guanidine groups is 1. The molecule has 1 heterocycles. The molecule has 1 fully saturated rings. The van der Waals surface area contributed by atoms with E-state index < -0.39 is 0 Å². The van der Waals surface area contributed by atoms with Gasteiger partial charge in [0.1, 0.15) is 5.75 Å². The number of rotatable bonds is 8. The molecule has 3 rings (SSSR count). The Morgan fingerprint density at radius 3 is 2.71 bits per heavy atom. The third-order valence-corrected chi connectivity index (χ3v) is 5.49. The van der Waals surface area contributed by atoms with Crippen molar-refractivity contribution >= 4 is 46.4 Å². The van der Waals surface area contributed by atoms with Crippen molar-refractivity contribution < 1.29 is 4.74 Å². The first-order valence-electron chi connectivity index (χ1n) is 9.54. The molecular formula is C20H30IN5OS. The van der Waals surface area contributed by atoms with E-state index in [1.165, 1.54) is 6.42 Å². The first-order valence-corrected chi connectivity index (χ1v) is 10.4. The van der Waals surface area contributed by atoms with E-state index in [1.807, 2.05) is 37.2 Å². The molecule has 6 nitrogen and oxygen atoms in total. The second-order valence-corrected chi connectivity index (χ2v) is 7.68. The number of aliphatic imine (C=N–C) groups is 1. The lowest BCUT2D eigenvalue weighted by Crippen LogP contribution is -2.36. The molecule has 1 aliphatic carbocycles. The summed E-state index contributed by atoms with van der Waals surface area (Å²) in [4.78, 5) is 11.4. The van der Waals surface area contributed by atoms with Crippen LogP contribution in [0.15, 0.2) is 34.6 Å². The molecule has 0 saturated heterocycles. The Hall–Kier alpha value is -1.55. The molecule has 1 aliphatic rings. The Balaban J connectivity index is 0.00000280. The number of nitrogens with zero attached hydrogens (tertiary/aromatic N) is 3. The van der Waals surface area contributed by atoms with Crippen LogP contribution in [0.5, 0.6) is 5.75 Å². The normalized spacial score (nSPS) is 14.0. The van der Waals surface area contributed by atoms with E-state index in [4.69, 9.17) is 9.73 Å². The van der Waals surface area contributed by atoms with Gasteiger partial charge in [-0.05, 0) is 32.3 Å². The number of ether oxygens (including phenoxy) is 1. The number of nitrogens with one attached hydrogen (secondary N) is 2. The van der Waals surface area contributed by atoms with Gasteiger partial charge >= 0.3 is 0 Å². The summed E-state index contributed by atoms with van der Waals surface area (Å²) < 4.78 is 6.10. The molecule has 0 amide bonds. The highest BCUT2D eigenvalue weighted by Crippen LogP contribution is 2.27. The van der Waals surface area contributed by atoms with Crippen LogP contribution in [-0.4, -0.2) is 37.7 Å². The molecule has 1 saturated carbocycles. The molecule has 1 aromatic carbocycles. The molecule has 28 heavy (non-hydrogen) atoms. The minimum absolute atomic E-state index is 0. The lowest BCUT2D eigenvalue weighted by molar-refractivity contribution is 0.119. The third-order valence-electron chi connectivity index (χ3n) is 4.43. The summed E-state index contributed by atoms with van der Waals surface area (Å²) in [6, 6.07) is 8.19. The highest BCUT2D eigenvalue weighted by Gasteiger charge is 2.20. The molecule has 0 unspecified atom stereocenters.